The van der Waals surface area contributed by atoms with Crippen molar-refractivity contribution in [3.8, 4) is 6.07 Å². The van der Waals surface area contributed by atoms with Crippen molar-refractivity contribution in [2.45, 2.75) is 84.0 Å². The van der Waals surface area contributed by atoms with Gasteiger partial charge in [-0.05, 0) is 79.9 Å². The van der Waals surface area contributed by atoms with Crippen LogP contribution < -0.4 is 0 Å². The zero-order valence-corrected chi connectivity index (χ0v) is 17.5. The summed E-state index contributed by atoms with van der Waals surface area (Å²) < 4.78 is 13.6. The van der Waals surface area contributed by atoms with Crippen molar-refractivity contribution >= 4 is 6.08 Å². The molecule has 0 spiro atoms. The number of halogens is 1. The fourth-order valence-electron chi connectivity index (χ4n) is 5.58. The number of rotatable bonds is 7. The molecule has 0 heterocycles. The minimum Gasteiger partial charge on any atom is -0.206 e. The van der Waals surface area contributed by atoms with E-state index in [1.165, 1.54) is 76.7 Å². The predicted octanol–water partition coefficient (Wildman–Crippen LogP) is 7.90. The minimum atomic E-state index is -0.424. The van der Waals surface area contributed by atoms with Gasteiger partial charge in [-0.2, -0.15) is 5.26 Å². The summed E-state index contributed by atoms with van der Waals surface area (Å²) in [7, 11) is 0. The van der Waals surface area contributed by atoms with E-state index in [0.717, 1.165) is 35.7 Å². The second-order valence-corrected chi connectivity index (χ2v) is 9.18. The molecule has 0 saturated heterocycles. The quantitative estimate of drug-likeness (QED) is 0.471. The molecule has 0 aliphatic heterocycles. The van der Waals surface area contributed by atoms with Crippen LogP contribution in [0.1, 0.15) is 95.1 Å². The summed E-state index contributed by atoms with van der Waals surface area (Å²) in [6.07, 6.45) is 20.9. The average molecular weight is 382 g/mol. The van der Waals surface area contributed by atoms with E-state index in [1.54, 1.807) is 6.07 Å². The largest absolute Gasteiger partial charge is 0.206 e. The van der Waals surface area contributed by atoms with E-state index in [4.69, 9.17) is 5.26 Å². The Bertz CT molecular complexity index is 670. The molecule has 0 atom stereocenters. The molecule has 2 aliphatic carbocycles. The maximum atomic E-state index is 13.6. The third-order valence-corrected chi connectivity index (χ3v) is 7.31. The molecule has 1 nitrogen and oxygen atoms in total. The van der Waals surface area contributed by atoms with Crippen LogP contribution in [0.4, 0.5) is 4.39 Å². The van der Waals surface area contributed by atoms with Gasteiger partial charge in [0.2, 0.25) is 0 Å². The summed E-state index contributed by atoms with van der Waals surface area (Å²) in [6.45, 7) is 2.32. The van der Waals surface area contributed by atoms with Gasteiger partial charge in [-0.25, -0.2) is 4.39 Å². The number of benzene rings is 1. The van der Waals surface area contributed by atoms with Gasteiger partial charge in [-0.3, -0.25) is 0 Å². The standard InChI is InChI=1S/C26H36FN/c1-2-5-20-8-13-23(14-9-20)24-15-10-21(11-16-24)6-3-4-7-22-12-17-25(19-28)26(27)18-22/h4,7,12,17-18,20-21,23-24H,2-3,5-6,8-11,13-16H2,1H3/b7-4-. The minimum absolute atomic E-state index is 0.118. The molecule has 0 bridgehead atoms. The molecule has 0 aromatic heterocycles. The summed E-state index contributed by atoms with van der Waals surface area (Å²) in [5.41, 5.74) is 0.964. The molecule has 0 radical (unpaired) electrons. The second kappa shape index (κ2) is 10.8. The molecular weight excluding hydrogens is 345 g/mol. The van der Waals surface area contributed by atoms with Crippen molar-refractivity contribution in [1.29, 1.82) is 5.26 Å². The van der Waals surface area contributed by atoms with Crippen LogP contribution in [0.5, 0.6) is 0 Å². The number of allylic oxidation sites excluding steroid dienone is 1. The molecule has 0 unspecified atom stereocenters. The lowest BCUT2D eigenvalue weighted by molar-refractivity contribution is 0.141. The van der Waals surface area contributed by atoms with Gasteiger partial charge in [0.05, 0.1) is 5.56 Å². The van der Waals surface area contributed by atoms with E-state index >= 15 is 0 Å². The summed E-state index contributed by atoms with van der Waals surface area (Å²) >= 11 is 0. The summed E-state index contributed by atoms with van der Waals surface area (Å²) in [4.78, 5) is 0. The topological polar surface area (TPSA) is 23.8 Å². The average Bonchev–Trinajstić information content (AvgIpc) is 2.73. The third kappa shape index (κ3) is 5.94. The molecule has 0 amide bonds. The first-order chi connectivity index (χ1) is 13.7. The van der Waals surface area contributed by atoms with Crippen LogP contribution in [0.25, 0.3) is 6.08 Å². The van der Waals surface area contributed by atoms with E-state index in [0.29, 0.717) is 0 Å². The van der Waals surface area contributed by atoms with Gasteiger partial charge in [0, 0.05) is 0 Å². The van der Waals surface area contributed by atoms with Crippen LogP contribution in [0.2, 0.25) is 0 Å². The molecule has 152 valence electrons. The molecule has 3 rings (SSSR count). The van der Waals surface area contributed by atoms with Gasteiger partial charge in [0.1, 0.15) is 11.9 Å². The maximum absolute atomic E-state index is 13.6. The number of hydrogen-bond donors (Lipinski definition) is 0. The van der Waals surface area contributed by atoms with Gasteiger partial charge >= 0.3 is 0 Å². The van der Waals surface area contributed by atoms with Crippen LogP contribution in [0, 0.1) is 40.8 Å². The monoisotopic (exact) mass is 381 g/mol. The highest BCUT2D eigenvalue weighted by molar-refractivity contribution is 5.51. The fourth-order valence-corrected chi connectivity index (χ4v) is 5.58. The van der Waals surface area contributed by atoms with Crippen molar-refractivity contribution in [2.75, 3.05) is 0 Å². The van der Waals surface area contributed by atoms with Crippen LogP contribution in [0.15, 0.2) is 24.3 Å². The van der Waals surface area contributed by atoms with E-state index in [9.17, 15) is 4.39 Å². The molecule has 2 fully saturated rings. The van der Waals surface area contributed by atoms with Gasteiger partial charge in [0.15, 0.2) is 0 Å². The molecule has 1 aromatic carbocycles. The lowest BCUT2D eigenvalue weighted by Gasteiger charge is -2.38. The van der Waals surface area contributed by atoms with Gasteiger partial charge in [-0.15, -0.1) is 0 Å². The van der Waals surface area contributed by atoms with Crippen LogP contribution in [-0.2, 0) is 0 Å². The van der Waals surface area contributed by atoms with Crippen molar-refractivity contribution in [1.82, 2.24) is 0 Å². The van der Waals surface area contributed by atoms with Crippen LogP contribution in [0.3, 0.4) is 0 Å². The summed E-state index contributed by atoms with van der Waals surface area (Å²) in [5, 5.41) is 8.79. The SMILES string of the molecule is CCCC1CCC(C2CCC(CC/C=C\c3ccc(C#N)c(F)c3)CC2)CC1. The Hall–Kier alpha value is -1.62. The van der Waals surface area contributed by atoms with E-state index in [2.05, 4.69) is 13.0 Å². The lowest BCUT2D eigenvalue weighted by atomic mass is 9.68. The Balaban J connectivity index is 1.35. The predicted molar refractivity (Wildman–Crippen MR) is 115 cm³/mol. The molecular formula is C26H36FN. The summed E-state index contributed by atoms with van der Waals surface area (Å²) in [6, 6.07) is 6.70. The fraction of sp³-hybridized carbons (Fsp3) is 0.654. The van der Waals surface area contributed by atoms with Crippen molar-refractivity contribution in [2.24, 2.45) is 23.7 Å². The number of nitriles is 1. The molecule has 1 aromatic rings. The summed E-state index contributed by atoms with van der Waals surface area (Å²) in [5.74, 6) is 3.48. The third-order valence-electron chi connectivity index (χ3n) is 7.31. The van der Waals surface area contributed by atoms with Crippen molar-refractivity contribution < 1.29 is 4.39 Å². The smallest absolute Gasteiger partial charge is 0.141 e. The van der Waals surface area contributed by atoms with Crippen molar-refractivity contribution in [3.05, 3.63) is 41.2 Å². The molecule has 0 N–H and O–H groups in total. The first-order valence-corrected chi connectivity index (χ1v) is 11.6. The first kappa shape index (κ1) is 21.1. The lowest BCUT2D eigenvalue weighted by Crippen LogP contribution is -2.25. The van der Waals surface area contributed by atoms with E-state index in [-0.39, 0.29) is 5.56 Å². The molecule has 2 aliphatic rings. The van der Waals surface area contributed by atoms with Crippen LogP contribution >= 0.6 is 0 Å². The second-order valence-electron chi connectivity index (χ2n) is 9.18. The Labute approximate surface area is 171 Å². The van der Waals surface area contributed by atoms with Crippen molar-refractivity contribution in [3.63, 3.8) is 0 Å². The Morgan fingerprint density at radius 2 is 1.57 bits per heavy atom. The highest BCUT2D eigenvalue weighted by Gasteiger charge is 2.30. The Kier molecular flexibility index (Phi) is 8.13. The van der Waals surface area contributed by atoms with E-state index < -0.39 is 5.82 Å². The Morgan fingerprint density at radius 3 is 2.11 bits per heavy atom. The normalized spacial score (nSPS) is 28.3. The van der Waals surface area contributed by atoms with E-state index in [1.807, 2.05) is 18.2 Å². The highest BCUT2D eigenvalue weighted by atomic mass is 19.1. The molecule has 2 saturated carbocycles. The maximum Gasteiger partial charge on any atom is 0.141 e. The van der Waals surface area contributed by atoms with Crippen LogP contribution in [-0.4, -0.2) is 0 Å². The van der Waals surface area contributed by atoms with Gasteiger partial charge in [-0.1, -0.05) is 63.7 Å². The Morgan fingerprint density at radius 1 is 0.964 bits per heavy atom. The highest BCUT2D eigenvalue weighted by Crippen LogP contribution is 2.42. The van der Waals surface area contributed by atoms with Gasteiger partial charge in [0.25, 0.3) is 0 Å². The first-order valence-electron chi connectivity index (χ1n) is 11.6. The molecule has 28 heavy (non-hydrogen) atoms. The number of hydrogen-bond acceptors (Lipinski definition) is 1. The zero-order chi connectivity index (χ0) is 19.8. The van der Waals surface area contributed by atoms with Gasteiger partial charge < -0.3 is 0 Å². The molecule has 2 heteroatoms. The zero-order valence-electron chi connectivity index (χ0n) is 17.5. The number of nitrogens with zero attached hydrogens (tertiary/aromatic N) is 1.